The van der Waals surface area contributed by atoms with E-state index in [0.29, 0.717) is 6.61 Å². The Hall–Kier alpha value is -1.42. The van der Waals surface area contributed by atoms with E-state index in [0.717, 1.165) is 23.3 Å². The molecule has 0 aliphatic rings. The topological polar surface area (TPSA) is 39.9 Å². The first-order valence-corrected chi connectivity index (χ1v) is 4.59. The number of fused-ring (bicyclic) bond motifs is 1. The van der Waals surface area contributed by atoms with Crippen LogP contribution in [0.5, 0.6) is 0 Å². The molecule has 0 saturated heterocycles. The van der Waals surface area contributed by atoms with Crippen molar-refractivity contribution in [3.8, 4) is 0 Å². The molecule has 0 fully saturated rings. The molecule has 2 aromatic rings. The quantitative estimate of drug-likeness (QED) is 0.736. The molecular formula is C10H13N3O. The maximum Gasteiger partial charge on any atom is 0.111 e. The second-order valence-corrected chi connectivity index (χ2v) is 3.26. The Morgan fingerprint density at radius 1 is 1.43 bits per heavy atom. The highest BCUT2D eigenvalue weighted by Crippen LogP contribution is 2.12. The lowest BCUT2D eigenvalue weighted by atomic mass is 10.3. The Morgan fingerprint density at radius 2 is 2.29 bits per heavy atom. The SMILES string of the molecule is COCCn1ccc2nnc(C)cc21. The van der Waals surface area contributed by atoms with E-state index >= 15 is 0 Å². The fourth-order valence-corrected chi connectivity index (χ4v) is 1.46. The van der Waals surface area contributed by atoms with Crippen molar-refractivity contribution in [2.75, 3.05) is 13.7 Å². The summed E-state index contributed by atoms with van der Waals surface area (Å²) in [6, 6.07) is 4.01. The van der Waals surface area contributed by atoms with Crippen LogP contribution in [-0.4, -0.2) is 28.5 Å². The largest absolute Gasteiger partial charge is 0.383 e. The van der Waals surface area contributed by atoms with Gasteiger partial charge < -0.3 is 9.30 Å². The van der Waals surface area contributed by atoms with Crippen LogP contribution >= 0.6 is 0 Å². The lowest BCUT2D eigenvalue weighted by molar-refractivity contribution is 0.188. The van der Waals surface area contributed by atoms with Gasteiger partial charge in [-0.25, -0.2) is 0 Å². The molecule has 0 amide bonds. The minimum absolute atomic E-state index is 0.713. The summed E-state index contributed by atoms with van der Waals surface area (Å²) in [4.78, 5) is 0. The first kappa shape index (κ1) is 9.15. The fourth-order valence-electron chi connectivity index (χ4n) is 1.46. The second kappa shape index (κ2) is 3.75. The van der Waals surface area contributed by atoms with Gasteiger partial charge in [-0.1, -0.05) is 0 Å². The first-order valence-electron chi connectivity index (χ1n) is 4.59. The molecule has 0 radical (unpaired) electrons. The average Bonchev–Trinajstić information content (AvgIpc) is 2.57. The highest BCUT2D eigenvalue weighted by atomic mass is 16.5. The van der Waals surface area contributed by atoms with E-state index in [9.17, 15) is 0 Å². The number of rotatable bonds is 3. The first-order chi connectivity index (χ1) is 6.81. The maximum absolute atomic E-state index is 5.04. The molecule has 2 heterocycles. The maximum atomic E-state index is 5.04. The molecule has 74 valence electrons. The van der Waals surface area contributed by atoms with E-state index in [1.54, 1.807) is 7.11 Å². The van der Waals surface area contributed by atoms with Crippen molar-refractivity contribution < 1.29 is 4.74 Å². The number of aromatic nitrogens is 3. The van der Waals surface area contributed by atoms with Gasteiger partial charge in [0.1, 0.15) is 5.52 Å². The molecule has 0 atom stereocenters. The molecule has 0 saturated carbocycles. The molecule has 0 unspecified atom stereocenters. The zero-order valence-corrected chi connectivity index (χ0v) is 8.40. The minimum atomic E-state index is 0.713. The van der Waals surface area contributed by atoms with Gasteiger partial charge in [-0.05, 0) is 19.1 Å². The molecule has 4 heteroatoms. The van der Waals surface area contributed by atoms with Crippen molar-refractivity contribution in [1.82, 2.24) is 14.8 Å². The van der Waals surface area contributed by atoms with Crippen LogP contribution in [0.25, 0.3) is 11.0 Å². The van der Waals surface area contributed by atoms with Crippen LogP contribution in [0, 0.1) is 6.92 Å². The smallest absolute Gasteiger partial charge is 0.111 e. The van der Waals surface area contributed by atoms with E-state index in [2.05, 4.69) is 14.8 Å². The lowest BCUT2D eigenvalue weighted by Gasteiger charge is -2.03. The molecule has 2 rings (SSSR count). The van der Waals surface area contributed by atoms with Crippen LogP contribution < -0.4 is 0 Å². The van der Waals surface area contributed by atoms with Crippen molar-refractivity contribution in [3.63, 3.8) is 0 Å². The molecular weight excluding hydrogens is 178 g/mol. The van der Waals surface area contributed by atoms with E-state index in [1.807, 2.05) is 25.3 Å². The second-order valence-electron chi connectivity index (χ2n) is 3.26. The number of nitrogens with zero attached hydrogens (tertiary/aromatic N) is 3. The molecule has 0 aliphatic carbocycles. The van der Waals surface area contributed by atoms with Crippen molar-refractivity contribution in [3.05, 3.63) is 24.0 Å². The van der Waals surface area contributed by atoms with Crippen LogP contribution in [0.4, 0.5) is 0 Å². The van der Waals surface area contributed by atoms with Crippen LogP contribution in [0.15, 0.2) is 18.3 Å². The molecule has 4 nitrogen and oxygen atoms in total. The highest BCUT2D eigenvalue weighted by molar-refractivity contribution is 5.75. The third-order valence-corrected chi connectivity index (χ3v) is 2.18. The molecule has 0 aliphatic heterocycles. The van der Waals surface area contributed by atoms with Crippen LogP contribution in [-0.2, 0) is 11.3 Å². The number of methoxy groups -OCH3 is 1. The summed E-state index contributed by atoms with van der Waals surface area (Å²) in [5.74, 6) is 0. The fraction of sp³-hybridized carbons (Fsp3) is 0.400. The van der Waals surface area contributed by atoms with Crippen molar-refractivity contribution in [2.24, 2.45) is 0 Å². The summed E-state index contributed by atoms with van der Waals surface area (Å²) in [6.07, 6.45) is 2.01. The van der Waals surface area contributed by atoms with Gasteiger partial charge in [0.25, 0.3) is 0 Å². The predicted octanol–water partition coefficient (Wildman–Crippen LogP) is 1.39. The minimum Gasteiger partial charge on any atom is -0.383 e. The predicted molar refractivity (Wildman–Crippen MR) is 54.1 cm³/mol. The monoisotopic (exact) mass is 191 g/mol. The van der Waals surface area contributed by atoms with E-state index in [-0.39, 0.29) is 0 Å². The highest BCUT2D eigenvalue weighted by Gasteiger charge is 2.02. The van der Waals surface area contributed by atoms with Gasteiger partial charge in [-0.2, -0.15) is 5.10 Å². The number of aryl methyl sites for hydroxylation is 1. The molecule has 0 bridgehead atoms. The number of hydrogen-bond donors (Lipinski definition) is 0. The Bertz CT molecular complexity index is 436. The summed E-state index contributed by atoms with van der Waals surface area (Å²) in [6.45, 7) is 3.51. The zero-order chi connectivity index (χ0) is 9.97. The normalized spacial score (nSPS) is 11.0. The van der Waals surface area contributed by atoms with Crippen molar-refractivity contribution >= 4 is 11.0 Å². The van der Waals surface area contributed by atoms with Crippen molar-refractivity contribution in [2.45, 2.75) is 13.5 Å². The van der Waals surface area contributed by atoms with E-state index < -0.39 is 0 Å². The van der Waals surface area contributed by atoms with Crippen LogP contribution in [0.1, 0.15) is 5.69 Å². The Labute approximate surface area is 82.5 Å². The van der Waals surface area contributed by atoms with Gasteiger partial charge in [0.15, 0.2) is 0 Å². The van der Waals surface area contributed by atoms with Gasteiger partial charge in [0.2, 0.25) is 0 Å². The van der Waals surface area contributed by atoms with Crippen LogP contribution in [0.2, 0.25) is 0 Å². The molecule has 0 spiro atoms. The molecule has 2 aromatic heterocycles. The molecule has 0 N–H and O–H groups in total. The Morgan fingerprint density at radius 3 is 3.07 bits per heavy atom. The third kappa shape index (κ3) is 1.61. The molecule has 14 heavy (non-hydrogen) atoms. The summed E-state index contributed by atoms with van der Waals surface area (Å²) in [7, 11) is 1.71. The van der Waals surface area contributed by atoms with Gasteiger partial charge in [0.05, 0.1) is 17.8 Å². The van der Waals surface area contributed by atoms with Gasteiger partial charge in [-0.15, -0.1) is 5.10 Å². The standard InChI is InChI=1S/C10H13N3O/c1-8-7-10-9(12-11-8)3-4-13(10)5-6-14-2/h3-4,7H,5-6H2,1-2H3. The molecule has 0 aromatic carbocycles. The number of ether oxygens (including phenoxy) is 1. The van der Waals surface area contributed by atoms with Gasteiger partial charge in [0, 0.05) is 19.9 Å². The van der Waals surface area contributed by atoms with Gasteiger partial charge in [-0.3, -0.25) is 0 Å². The van der Waals surface area contributed by atoms with Crippen LogP contribution in [0.3, 0.4) is 0 Å². The van der Waals surface area contributed by atoms with Crippen molar-refractivity contribution in [1.29, 1.82) is 0 Å². The van der Waals surface area contributed by atoms with E-state index in [4.69, 9.17) is 4.74 Å². The third-order valence-electron chi connectivity index (χ3n) is 2.18. The Kier molecular flexibility index (Phi) is 2.45. The zero-order valence-electron chi connectivity index (χ0n) is 8.40. The lowest BCUT2D eigenvalue weighted by Crippen LogP contribution is -2.02. The summed E-state index contributed by atoms with van der Waals surface area (Å²) in [5.41, 5.74) is 3.00. The average molecular weight is 191 g/mol. The summed E-state index contributed by atoms with van der Waals surface area (Å²) < 4.78 is 7.16. The summed E-state index contributed by atoms with van der Waals surface area (Å²) >= 11 is 0. The Balaban J connectivity index is 2.40. The van der Waals surface area contributed by atoms with E-state index in [1.165, 1.54) is 0 Å². The van der Waals surface area contributed by atoms with Gasteiger partial charge >= 0.3 is 0 Å². The number of hydrogen-bond acceptors (Lipinski definition) is 3. The summed E-state index contributed by atoms with van der Waals surface area (Å²) in [5, 5.41) is 8.10.